The lowest BCUT2D eigenvalue weighted by Gasteiger charge is -2.33. The molecule has 4 rings (SSSR count). The van der Waals surface area contributed by atoms with Gasteiger partial charge in [0.1, 0.15) is 5.75 Å². The van der Waals surface area contributed by atoms with Crippen LogP contribution in [0, 0.1) is 0 Å². The molecule has 3 aliphatic rings. The van der Waals surface area contributed by atoms with Crippen LogP contribution in [0.4, 0.5) is 5.69 Å². The Morgan fingerprint density at radius 1 is 1.04 bits per heavy atom. The van der Waals surface area contributed by atoms with Crippen LogP contribution in [0.2, 0.25) is 5.02 Å². The lowest BCUT2D eigenvalue weighted by Crippen LogP contribution is -2.44. The van der Waals surface area contributed by atoms with Gasteiger partial charge in [0, 0.05) is 37.9 Å². The molecule has 1 aromatic carbocycles. The number of imide groups is 1. The number of methoxy groups -OCH3 is 2. The average molecular weight is 406 g/mol. The number of carbonyl (C=O) groups is 2. The third-order valence-electron chi connectivity index (χ3n) is 6.01. The summed E-state index contributed by atoms with van der Waals surface area (Å²) in [6, 6.07) is 4.99. The molecule has 0 N–H and O–H groups in total. The lowest BCUT2D eigenvalue weighted by molar-refractivity contribution is -0.239. The molecule has 1 atom stereocenters. The molecule has 0 aromatic heterocycles. The number of hydrogen-bond donors (Lipinski definition) is 0. The van der Waals surface area contributed by atoms with E-state index in [1.54, 1.807) is 32.4 Å². The summed E-state index contributed by atoms with van der Waals surface area (Å²) in [5.74, 6) is -0.858. The van der Waals surface area contributed by atoms with Crippen molar-refractivity contribution in [2.45, 2.75) is 56.8 Å². The number of halogens is 1. The van der Waals surface area contributed by atoms with Crippen LogP contribution in [-0.2, 0) is 19.1 Å². The van der Waals surface area contributed by atoms with Crippen LogP contribution < -0.4 is 9.64 Å². The van der Waals surface area contributed by atoms with Gasteiger partial charge in [-0.2, -0.15) is 0 Å². The topological polar surface area (TPSA) is 65.1 Å². The molecular formula is C21H24ClNO5. The molecule has 150 valence electrons. The predicted octanol–water partition coefficient (Wildman–Crippen LogP) is 4.00. The zero-order valence-electron chi connectivity index (χ0n) is 16.1. The van der Waals surface area contributed by atoms with E-state index in [1.807, 2.05) is 0 Å². The number of amides is 2. The number of nitrogens with zero attached hydrogens (tertiary/aromatic N) is 1. The Balaban J connectivity index is 1.62. The molecule has 1 unspecified atom stereocenters. The van der Waals surface area contributed by atoms with Crippen LogP contribution >= 0.6 is 11.6 Å². The zero-order valence-corrected chi connectivity index (χ0v) is 16.9. The highest BCUT2D eigenvalue weighted by molar-refractivity contribution is 6.34. The first-order valence-electron chi connectivity index (χ1n) is 9.68. The number of benzene rings is 1. The number of rotatable bonds is 5. The van der Waals surface area contributed by atoms with Crippen LogP contribution in [0.25, 0.3) is 0 Å². The molecule has 0 bridgehead atoms. The van der Waals surface area contributed by atoms with E-state index in [0.717, 1.165) is 32.1 Å². The van der Waals surface area contributed by atoms with Crippen molar-refractivity contribution in [3.63, 3.8) is 0 Å². The average Bonchev–Trinajstić information content (AvgIpc) is 3.23. The van der Waals surface area contributed by atoms with Gasteiger partial charge in [-0.05, 0) is 50.7 Å². The summed E-state index contributed by atoms with van der Waals surface area (Å²) in [5.41, 5.74) is 1.78. The first kappa shape index (κ1) is 19.4. The van der Waals surface area contributed by atoms with E-state index in [9.17, 15) is 9.59 Å². The maximum absolute atomic E-state index is 12.8. The van der Waals surface area contributed by atoms with Crippen molar-refractivity contribution < 1.29 is 23.8 Å². The minimum absolute atomic E-state index is 0.225. The van der Waals surface area contributed by atoms with E-state index in [4.69, 9.17) is 25.8 Å². The van der Waals surface area contributed by atoms with Gasteiger partial charge in [-0.15, -0.1) is 0 Å². The second-order valence-electron chi connectivity index (χ2n) is 7.44. The maximum Gasteiger partial charge on any atom is 0.261 e. The quantitative estimate of drug-likeness (QED) is 0.547. The summed E-state index contributed by atoms with van der Waals surface area (Å²) >= 11 is 6.35. The van der Waals surface area contributed by atoms with Gasteiger partial charge in [0.05, 0.1) is 10.7 Å². The van der Waals surface area contributed by atoms with Crippen LogP contribution in [0.1, 0.15) is 44.9 Å². The lowest BCUT2D eigenvalue weighted by atomic mass is 9.93. The smallest absolute Gasteiger partial charge is 0.261 e. The molecule has 1 heterocycles. The molecule has 6 nitrogen and oxygen atoms in total. The Labute approximate surface area is 169 Å². The van der Waals surface area contributed by atoms with Crippen LogP contribution in [0.15, 0.2) is 29.3 Å². The second kappa shape index (κ2) is 7.50. The summed E-state index contributed by atoms with van der Waals surface area (Å²) < 4.78 is 17.3. The summed E-state index contributed by atoms with van der Waals surface area (Å²) in [6.07, 6.45) is 5.28. The van der Waals surface area contributed by atoms with Crippen LogP contribution in [-0.4, -0.2) is 37.9 Å². The Kier molecular flexibility index (Phi) is 5.21. The Morgan fingerprint density at radius 2 is 1.68 bits per heavy atom. The Bertz CT molecular complexity index is 817. The molecule has 2 amide bonds. The van der Waals surface area contributed by atoms with Gasteiger partial charge in [0.2, 0.25) is 5.79 Å². The molecule has 0 saturated heterocycles. The third-order valence-corrected chi connectivity index (χ3v) is 6.32. The van der Waals surface area contributed by atoms with Crippen molar-refractivity contribution in [3.05, 3.63) is 34.4 Å². The summed E-state index contributed by atoms with van der Waals surface area (Å²) in [6.45, 7) is 0. The highest BCUT2D eigenvalue weighted by Gasteiger charge is 2.46. The van der Waals surface area contributed by atoms with Crippen molar-refractivity contribution in [1.29, 1.82) is 0 Å². The van der Waals surface area contributed by atoms with Crippen molar-refractivity contribution in [1.82, 2.24) is 0 Å². The largest absolute Gasteiger partial charge is 0.483 e. The van der Waals surface area contributed by atoms with E-state index in [1.165, 1.54) is 4.90 Å². The third kappa shape index (κ3) is 3.04. The molecule has 0 spiro atoms. The molecular weight excluding hydrogens is 382 g/mol. The van der Waals surface area contributed by atoms with Gasteiger partial charge in [0.15, 0.2) is 6.10 Å². The van der Waals surface area contributed by atoms with Gasteiger partial charge in [-0.1, -0.05) is 11.6 Å². The molecule has 0 radical (unpaired) electrons. The normalized spacial score (nSPS) is 24.1. The first-order chi connectivity index (χ1) is 13.5. The molecule has 7 heteroatoms. The SMILES string of the molecule is COC1(OC)CCCC1Oc1cc(N2C(=O)C3=C(CCCC3)C2=O)ccc1Cl. The number of ether oxygens (including phenoxy) is 3. The Morgan fingerprint density at radius 3 is 2.29 bits per heavy atom. The van der Waals surface area contributed by atoms with Gasteiger partial charge >= 0.3 is 0 Å². The molecule has 1 aliphatic heterocycles. The van der Waals surface area contributed by atoms with E-state index in [2.05, 4.69) is 0 Å². The van der Waals surface area contributed by atoms with Crippen molar-refractivity contribution in [2.75, 3.05) is 19.1 Å². The van der Waals surface area contributed by atoms with Gasteiger partial charge in [-0.3, -0.25) is 9.59 Å². The molecule has 28 heavy (non-hydrogen) atoms. The highest BCUT2D eigenvalue weighted by atomic mass is 35.5. The minimum atomic E-state index is -0.820. The van der Waals surface area contributed by atoms with Crippen LogP contribution in [0.3, 0.4) is 0 Å². The molecule has 1 aromatic rings. The number of carbonyl (C=O) groups excluding carboxylic acids is 2. The number of hydrogen-bond acceptors (Lipinski definition) is 5. The summed E-state index contributed by atoms with van der Waals surface area (Å²) in [7, 11) is 3.20. The zero-order chi connectivity index (χ0) is 19.9. The fourth-order valence-electron chi connectivity index (χ4n) is 4.46. The summed E-state index contributed by atoms with van der Waals surface area (Å²) in [5, 5.41) is 0.411. The minimum Gasteiger partial charge on any atom is -0.483 e. The van der Waals surface area contributed by atoms with E-state index in [-0.39, 0.29) is 17.9 Å². The fraction of sp³-hybridized carbons (Fsp3) is 0.524. The van der Waals surface area contributed by atoms with E-state index >= 15 is 0 Å². The van der Waals surface area contributed by atoms with E-state index < -0.39 is 5.79 Å². The molecule has 1 fully saturated rings. The van der Waals surface area contributed by atoms with Gasteiger partial charge < -0.3 is 14.2 Å². The van der Waals surface area contributed by atoms with Crippen molar-refractivity contribution >= 4 is 29.1 Å². The van der Waals surface area contributed by atoms with Crippen LogP contribution in [0.5, 0.6) is 5.75 Å². The predicted molar refractivity (Wildman–Crippen MR) is 104 cm³/mol. The van der Waals surface area contributed by atoms with Crippen molar-refractivity contribution in [3.8, 4) is 5.75 Å². The monoisotopic (exact) mass is 405 g/mol. The summed E-state index contributed by atoms with van der Waals surface area (Å²) in [4.78, 5) is 26.9. The van der Waals surface area contributed by atoms with Gasteiger partial charge in [-0.25, -0.2) is 4.90 Å². The van der Waals surface area contributed by atoms with E-state index in [0.29, 0.717) is 40.4 Å². The second-order valence-corrected chi connectivity index (χ2v) is 7.85. The molecule has 1 saturated carbocycles. The number of anilines is 1. The standard InChI is InChI=1S/C21H24ClNO5/c1-26-21(27-2)11-5-8-18(21)28-17-12-13(9-10-16(17)22)23-19(24)14-6-3-4-7-15(14)20(23)25/h9-10,12,18H,3-8,11H2,1-2H3. The maximum atomic E-state index is 12.8. The Hall–Kier alpha value is -1.89. The first-order valence-corrected chi connectivity index (χ1v) is 10.1. The van der Waals surface area contributed by atoms with Crippen molar-refractivity contribution in [2.24, 2.45) is 0 Å². The molecule has 2 aliphatic carbocycles. The highest BCUT2D eigenvalue weighted by Crippen LogP contribution is 2.41. The van der Waals surface area contributed by atoms with Gasteiger partial charge in [0.25, 0.3) is 11.8 Å². The fourth-order valence-corrected chi connectivity index (χ4v) is 4.62.